The average molecular weight is 305 g/mol. The van der Waals surface area contributed by atoms with Crippen LogP contribution >= 0.6 is 0 Å². The topological polar surface area (TPSA) is 94.4 Å². The zero-order valence-electron chi connectivity index (χ0n) is 13.1. The van der Waals surface area contributed by atoms with Crippen molar-refractivity contribution in [2.45, 2.75) is 39.7 Å². The minimum atomic E-state index is -0.532. The third kappa shape index (κ3) is 6.22. The molecule has 0 aliphatic heterocycles. The van der Waals surface area contributed by atoms with Gasteiger partial charge in [0, 0.05) is 19.0 Å². The van der Waals surface area contributed by atoms with Crippen molar-refractivity contribution in [2.75, 3.05) is 6.54 Å². The molecule has 1 amide bonds. The molecule has 1 N–H and O–H groups in total. The highest BCUT2D eigenvalue weighted by Crippen LogP contribution is 2.14. The molecule has 22 heavy (non-hydrogen) atoms. The van der Waals surface area contributed by atoms with E-state index in [9.17, 15) is 14.9 Å². The maximum absolute atomic E-state index is 11.4. The summed E-state index contributed by atoms with van der Waals surface area (Å²) in [4.78, 5) is 25.6. The van der Waals surface area contributed by atoms with Gasteiger partial charge in [-0.2, -0.15) is 0 Å². The molecule has 1 rings (SSSR count). The Balaban J connectivity index is 2.47. The molecule has 0 atom stereocenters. The number of alkyl carbamates (subject to hydrolysis) is 1. The Labute approximate surface area is 129 Å². The fourth-order valence-electron chi connectivity index (χ4n) is 1.51. The lowest BCUT2D eigenvalue weighted by Crippen LogP contribution is -2.32. The standard InChI is InChI=1S/C15H19N3O4/c1-11-13(18(20)21)9-8-12(17-11)7-5-6-10-16-14(19)22-15(2,3)4/h8-9H,6,10H2,1-4H3,(H,16,19). The molecule has 0 saturated carbocycles. The second-order valence-corrected chi connectivity index (χ2v) is 5.54. The number of amides is 1. The minimum absolute atomic E-state index is 0.0304. The molecular weight excluding hydrogens is 286 g/mol. The number of hydrogen-bond donors (Lipinski definition) is 1. The molecule has 7 heteroatoms. The summed E-state index contributed by atoms with van der Waals surface area (Å²) in [6, 6.07) is 2.88. The number of hydrogen-bond acceptors (Lipinski definition) is 5. The van der Waals surface area contributed by atoms with Gasteiger partial charge in [0.1, 0.15) is 17.0 Å². The van der Waals surface area contributed by atoms with Crippen molar-refractivity contribution in [1.82, 2.24) is 10.3 Å². The summed E-state index contributed by atoms with van der Waals surface area (Å²) in [5.74, 6) is 5.64. The Morgan fingerprint density at radius 2 is 2.14 bits per heavy atom. The van der Waals surface area contributed by atoms with Gasteiger partial charge in [-0.25, -0.2) is 9.78 Å². The van der Waals surface area contributed by atoms with Gasteiger partial charge in [0.25, 0.3) is 5.69 Å². The molecular formula is C15H19N3O4. The van der Waals surface area contributed by atoms with E-state index >= 15 is 0 Å². The van der Waals surface area contributed by atoms with Gasteiger partial charge < -0.3 is 10.1 Å². The highest BCUT2D eigenvalue weighted by Gasteiger charge is 2.15. The normalized spacial score (nSPS) is 10.4. The van der Waals surface area contributed by atoms with E-state index in [-0.39, 0.29) is 5.69 Å². The lowest BCUT2D eigenvalue weighted by Gasteiger charge is -2.19. The first-order chi connectivity index (χ1) is 10.2. The Kier molecular flexibility index (Phi) is 5.87. The molecule has 0 aliphatic carbocycles. The predicted molar refractivity (Wildman–Crippen MR) is 81.4 cm³/mol. The first-order valence-electron chi connectivity index (χ1n) is 6.77. The summed E-state index contributed by atoms with van der Waals surface area (Å²) >= 11 is 0. The Morgan fingerprint density at radius 3 is 2.68 bits per heavy atom. The number of aryl methyl sites for hydroxylation is 1. The second kappa shape index (κ2) is 7.41. The molecule has 7 nitrogen and oxygen atoms in total. The molecule has 1 heterocycles. The van der Waals surface area contributed by atoms with Crippen LogP contribution in [0.4, 0.5) is 10.5 Å². The summed E-state index contributed by atoms with van der Waals surface area (Å²) in [7, 11) is 0. The molecule has 0 bridgehead atoms. The van der Waals surface area contributed by atoms with Gasteiger partial charge in [-0.3, -0.25) is 10.1 Å². The van der Waals surface area contributed by atoms with Crippen LogP contribution in [0.15, 0.2) is 12.1 Å². The van der Waals surface area contributed by atoms with E-state index in [1.165, 1.54) is 12.1 Å². The van der Waals surface area contributed by atoms with E-state index in [1.807, 2.05) is 0 Å². The molecule has 1 aromatic heterocycles. The third-order valence-corrected chi connectivity index (χ3v) is 2.39. The van der Waals surface area contributed by atoms with Gasteiger partial charge in [-0.15, -0.1) is 0 Å². The van der Waals surface area contributed by atoms with Crippen molar-refractivity contribution >= 4 is 11.8 Å². The molecule has 0 spiro atoms. The lowest BCUT2D eigenvalue weighted by atomic mass is 10.2. The number of nitrogens with zero attached hydrogens (tertiary/aromatic N) is 2. The van der Waals surface area contributed by atoms with Gasteiger partial charge in [0.05, 0.1) is 4.92 Å². The summed E-state index contributed by atoms with van der Waals surface area (Å²) in [5, 5.41) is 13.3. The van der Waals surface area contributed by atoms with Crippen molar-refractivity contribution in [3.05, 3.63) is 33.6 Å². The fraction of sp³-hybridized carbons (Fsp3) is 0.467. The monoisotopic (exact) mass is 305 g/mol. The van der Waals surface area contributed by atoms with Crippen LogP contribution in [0.5, 0.6) is 0 Å². The van der Waals surface area contributed by atoms with Crippen LogP contribution in [0.3, 0.4) is 0 Å². The Morgan fingerprint density at radius 1 is 1.45 bits per heavy atom. The number of pyridine rings is 1. The second-order valence-electron chi connectivity index (χ2n) is 5.54. The van der Waals surface area contributed by atoms with Crippen molar-refractivity contribution < 1.29 is 14.5 Å². The van der Waals surface area contributed by atoms with Gasteiger partial charge in [0.2, 0.25) is 0 Å². The number of aromatic nitrogens is 1. The molecule has 118 valence electrons. The predicted octanol–water partition coefficient (Wildman–Crippen LogP) is 2.56. The van der Waals surface area contributed by atoms with Crippen molar-refractivity contribution in [3.8, 4) is 11.8 Å². The van der Waals surface area contributed by atoms with Crippen LogP contribution in [0.2, 0.25) is 0 Å². The minimum Gasteiger partial charge on any atom is -0.444 e. The average Bonchev–Trinajstić information content (AvgIpc) is 2.35. The van der Waals surface area contributed by atoms with Gasteiger partial charge in [-0.1, -0.05) is 5.92 Å². The maximum Gasteiger partial charge on any atom is 0.407 e. The Bertz CT molecular complexity index is 624. The van der Waals surface area contributed by atoms with Gasteiger partial charge >= 0.3 is 6.09 Å². The summed E-state index contributed by atoms with van der Waals surface area (Å²) in [6.45, 7) is 7.28. The lowest BCUT2D eigenvalue weighted by molar-refractivity contribution is -0.385. The zero-order chi connectivity index (χ0) is 16.8. The zero-order valence-corrected chi connectivity index (χ0v) is 13.1. The fourth-order valence-corrected chi connectivity index (χ4v) is 1.51. The molecule has 0 aliphatic rings. The van der Waals surface area contributed by atoms with Crippen molar-refractivity contribution in [3.63, 3.8) is 0 Å². The maximum atomic E-state index is 11.4. The molecule has 0 radical (unpaired) electrons. The van der Waals surface area contributed by atoms with Crippen LogP contribution in [-0.4, -0.2) is 28.1 Å². The van der Waals surface area contributed by atoms with E-state index in [2.05, 4.69) is 22.1 Å². The quantitative estimate of drug-likeness (QED) is 0.401. The highest BCUT2D eigenvalue weighted by atomic mass is 16.6. The largest absolute Gasteiger partial charge is 0.444 e. The van der Waals surface area contributed by atoms with Gasteiger partial charge in [0.15, 0.2) is 0 Å². The molecule has 1 aromatic rings. The Hall–Kier alpha value is -2.62. The van der Waals surface area contributed by atoms with Crippen LogP contribution in [-0.2, 0) is 4.74 Å². The number of nitrogens with one attached hydrogen (secondary N) is 1. The van der Waals surface area contributed by atoms with Crippen LogP contribution in [0.1, 0.15) is 38.6 Å². The summed E-state index contributed by atoms with van der Waals surface area (Å²) in [6.07, 6.45) is -0.0599. The smallest absolute Gasteiger partial charge is 0.407 e. The number of carbonyl (C=O) groups excluding carboxylic acids is 1. The number of rotatable bonds is 3. The third-order valence-electron chi connectivity index (χ3n) is 2.39. The molecule has 0 fully saturated rings. The first kappa shape index (κ1) is 17.4. The molecule has 0 saturated heterocycles. The van der Waals surface area contributed by atoms with E-state index in [0.717, 1.165) is 0 Å². The van der Waals surface area contributed by atoms with E-state index in [4.69, 9.17) is 4.74 Å². The van der Waals surface area contributed by atoms with E-state index in [0.29, 0.717) is 24.4 Å². The van der Waals surface area contributed by atoms with Crippen LogP contribution < -0.4 is 5.32 Å². The summed E-state index contributed by atoms with van der Waals surface area (Å²) < 4.78 is 5.08. The number of nitro groups is 1. The van der Waals surface area contributed by atoms with Crippen LogP contribution in [0, 0.1) is 28.9 Å². The first-order valence-corrected chi connectivity index (χ1v) is 6.77. The van der Waals surface area contributed by atoms with Crippen molar-refractivity contribution in [2.24, 2.45) is 0 Å². The van der Waals surface area contributed by atoms with Crippen LogP contribution in [0.25, 0.3) is 0 Å². The van der Waals surface area contributed by atoms with Crippen molar-refractivity contribution in [1.29, 1.82) is 0 Å². The van der Waals surface area contributed by atoms with E-state index < -0.39 is 16.6 Å². The highest BCUT2D eigenvalue weighted by molar-refractivity contribution is 5.67. The SMILES string of the molecule is Cc1nc(C#CCCNC(=O)OC(C)(C)C)ccc1[N+](=O)[O-]. The van der Waals surface area contributed by atoms with Gasteiger partial charge in [-0.05, 0) is 39.7 Å². The number of ether oxygens (including phenoxy) is 1. The number of carbonyl (C=O) groups is 1. The molecule has 0 aromatic carbocycles. The molecule has 0 unspecified atom stereocenters. The van der Waals surface area contributed by atoms with E-state index in [1.54, 1.807) is 27.7 Å². The summed E-state index contributed by atoms with van der Waals surface area (Å²) in [5.41, 5.74) is 0.219.